The number of unbranched alkanes of at least 4 members (excludes halogenated alkanes) is 2. The first-order valence-electron chi connectivity index (χ1n) is 10.6. The van der Waals surface area contributed by atoms with Gasteiger partial charge in [0.1, 0.15) is 0 Å². The molecule has 4 heteroatoms. The highest BCUT2D eigenvalue weighted by Crippen LogP contribution is 2.39. The summed E-state index contributed by atoms with van der Waals surface area (Å²) in [6.45, 7) is 5.61. The molecule has 154 valence electrons. The average Bonchev–Trinajstić information content (AvgIpc) is 2.63. The molecule has 0 unspecified atom stereocenters. The third kappa shape index (κ3) is 8.44. The summed E-state index contributed by atoms with van der Waals surface area (Å²) >= 11 is 0. The lowest BCUT2D eigenvalue weighted by atomic mass is 9.70. The van der Waals surface area contributed by atoms with Gasteiger partial charge in [-0.15, -0.1) is 0 Å². The van der Waals surface area contributed by atoms with Gasteiger partial charge in [0.15, 0.2) is 0 Å². The van der Waals surface area contributed by atoms with Gasteiger partial charge in [0.05, 0.1) is 20.6 Å². The minimum absolute atomic E-state index is 0.0769. The van der Waals surface area contributed by atoms with Crippen LogP contribution in [0.1, 0.15) is 70.8 Å². The summed E-state index contributed by atoms with van der Waals surface area (Å²) < 4.78 is -0.303. The maximum Gasteiger partial charge on any atom is 0.223 e. The Morgan fingerprint density at radius 3 is 2.07 bits per heavy atom. The smallest absolute Gasteiger partial charge is 0.223 e. The van der Waals surface area contributed by atoms with Gasteiger partial charge in [0, 0.05) is 31.8 Å². The summed E-state index contributed by atoms with van der Waals surface area (Å²) in [6.07, 6.45) is 7.96. The van der Waals surface area contributed by atoms with Crippen LogP contribution in [0.15, 0.2) is 30.3 Å². The molecule has 0 heterocycles. The Bertz CT molecular complexity index is 529. The third-order valence-electron chi connectivity index (χ3n) is 5.51. The molecule has 0 aromatic heterocycles. The quantitative estimate of drug-likeness (QED) is 0.354. The lowest BCUT2D eigenvalue weighted by Crippen LogP contribution is -2.39. The van der Waals surface area contributed by atoms with Crippen LogP contribution < -0.4 is 0 Å². The highest BCUT2D eigenvalue weighted by molar-refractivity contribution is 5.77. The second kappa shape index (κ2) is 11.5. The monoisotopic (exact) mass is 376 g/mol. The van der Waals surface area contributed by atoms with Crippen molar-refractivity contribution >= 4 is 5.91 Å². The molecule has 1 rings (SSSR count). The number of carbonyl (C=O) groups excluding carboxylic acids is 1. The zero-order valence-electron chi connectivity index (χ0n) is 18.2. The van der Waals surface area contributed by atoms with Crippen LogP contribution in [0.5, 0.6) is 0 Å². The van der Waals surface area contributed by atoms with E-state index in [1.807, 2.05) is 18.0 Å². The fourth-order valence-electron chi connectivity index (χ4n) is 3.75. The Labute approximate surface area is 166 Å². The van der Waals surface area contributed by atoms with Crippen molar-refractivity contribution in [3.05, 3.63) is 41.1 Å². The van der Waals surface area contributed by atoms with Crippen LogP contribution in [0.3, 0.4) is 0 Å². The molecule has 4 nitrogen and oxygen atoms in total. The number of rotatable bonds is 13. The van der Waals surface area contributed by atoms with Crippen LogP contribution in [0, 0.1) is 5.21 Å². The van der Waals surface area contributed by atoms with E-state index in [2.05, 4.69) is 38.1 Å². The van der Waals surface area contributed by atoms with Crippen LogP contribution in [0.4, 0.5) is 0 Å². The third-order valence-corrected chi connectivity index (χ3v) is 5.51. The highest BCUT2D eigenvalue weighted by Gasteiger charge is 2.34. The lowest BCUT2D eigenvalue weighted by Gasteiger charge is -2.36. The molecule has 0 aliphatic rings. The zero-order chi connectivity index (χ0) is 20.3. The fourth-order valence-corrected chi connectivity index (χ4v) is 3.75. The van der Waals surface area contributed by atoms with Gasteiger partial charge in [-0.3, -0.25) is 4.79 Å². The van der Waals surface area contributed by atoms with Crippen molar-refractivity contribution < 1.29 is 9.44 Å². The minimum atomic E-state index is -0.303. The van der Waals surface area contributed by atoms with Crippen molar-refractivity contribution in [3.63, 3.8) is 0 Å². The normalized spacial score (nSPS) is 12.2. The number of hydrogen-bond acceptors (Lipinski definition) is 2. The zero-order valence-corrected chi connectivity index (χ0v) is 18.2. The van der Waals surface area contributed by atoms with Gasteiger partial charge >= 0.3 is 0 Å². The number of quaternary nitrogens is 1. The molecule has 1 aromatic rings. The Morgan fingerprint density at radius 2 is 1.59 bits per heavy atom. The van der Waals surface area contributed by atoms with Gasteiger partial charge in [-0.1, -0.05) is 69.9 Å². The van der Waals surface area contributed by atoms with E-state index in [9.17, 15) is 10.0 Å². The summed E-state index contributed by atoms with van der Waals surface area (Å²) in [7, 11) is 5.18. The van der Waals surface area contributed by atoms with Crippen molar-refractivity contribution in [2.75, 3.05) is 34.2 Å². The molecule has 0 aliphatic heterocycles. The topological polar surface area (TPSA) is 43.4 Å². The summed E-state index contributed by atoms with van der Waals surface area (Å²) in [5.74, 6) is 0.197. The number of nitrogens with zero attached hydrogens (tertiary/aromatic N) is 2. The average molecular weight is 377 g/mol. The van der Waals surface area contributed by atoms with Crippen LogP contribution in [0.25, 0.3) is 0 Å². The summed E-state index contributed by atoms with van der Waals surface area (Å²) in [4.78, 5) is 14.9. The first kappa shape index (κ1) is 23.6. The largest absolute Gasteiger partial charge is 0.633 e. The number of amides is 1. The number of carbonyl (C=O) groups is 1. The maximum atomic E-state index is 13.1. The van der Waals surface area contributed by atoms with E-state index in [4.69, 9.17) is 0 Å². The van der Waals surface area contributed by atoms with E-state index in [0.29, 0.717) is 19.5 Å². The van der Waals surface area contributed by atoms with Crippen LogP contribution >= 0.6 is 0 Å². The molecule has 27 heavy (non-hydrogen) atoms. The SMILES string of the molecule is CCCCC(CCCC)(CC(=O)N(C)CCC[N+](C)(C)[O-])c1ccccc1. The number of benzene rings is 1. The molecule has 0 saturated carbocycles. The molecule has 1 amide bonds. The molecule has 0 bridgehead atoms. The van der Waals surface area contributed by atoms with Crippen LogP contribution in [-0.2, 0) is 10.2 Å². The molecular weight excluding hydrogens is 336 g/mol. The molecule has 0 fully saturated rings. The first-order chi connectivity index (χ1) is 12.7. The Hall–Kier alpha value is -1.39. The predicted molar refractivity (Wildman–Crippen MR) is 114 cm³/mol. The van der Waals surface area contributed by atoms with E-state index in [0.717, 1.165) is 44.9 Å². The van der Waals surface area contributed by atoms with Crippen LogP contribution in [-0.4, -0.2) is 49.7 Å². The Morgan fingerprint density at radius 1 is 1.04 bits per heavy atom. The van der Waals surface area contributed by atoms with Gasteiger partial charge in [0.25, 0.3) is 0 Å². The van der Waals surface area contributed by atoms with Gasteiger partial charge < -0.3 is 14.8 Å². The van der Waals surface area contributed by atoms with E-state index in [1.54, 1.807) is 14.1 Å². The molecule has 0 atom stereocenters. The number of hydroxylamine groups is 3. The molecule has 0 radical (unpaired) electrons. The van der Waals surface area contributed by atoms with E-state index < -0.39 is 0 Å². The van der Waals surface area contributed by atoms with Crippen molar-refractivity contribution in [1.82, 2.24) is 4.90 Å². The Kier molecular flexibility index (Phi) is 10.0. The molecule has 0 saturated heterocycles. The van der Waals surface area contributed by atoms with E-state index in [-0.39, 0.29) is 16.0 Å². The molecular formula is C23H40N2O2. The number of hydrogen-bond donors (Lipinski definition) is 0. The van der Waals surface area contributed by atoms with Gasteiger partial charge in [-0.2, -0.15) is 0 Å². The summed E-state index contributed by atoms with van der Waals surface area (Å²) in [5.41, 5.74) is 1.22. The van der Waals surface area contributed by atoms with Crippen LogP contribution in [0.2, 0.25) is 0 Å². The lowest BCUT2D eigenvalue weighted by molar-refractivity contribution is -0.840. The predicted octanol–water partition coefficient (Wildman–Crippen LogP) is 5.12. The first-order valence-corrected chi connectivity index (χ1v) is 10.6. The second-order valence-corrected chi connectivity index (χ2v) is 8.50. The minimum Gasteiger partial charge on any atom is -0.633 e. The summed E-state index contributed by atoms with van der Waals surface area (Å²) in [6, 6.07) is 10.6. The van der Waals surface area contributed by atoms with E-state index in [1.165, 1.54) is 5.56 Å². The standard InChI is InChI=1S/C23H40N2O2/c1-6-8-16-23(17-9-7-2,21-14-11-10-12-15-21)20-22(26)24(3)18-13-19-25(4,5)27/h10-12,14-15H,6-9,13,16-20H2,1-5H3. The Balaban J connectivity index is 2.92. The van der Waals surface area contributed by atoms with Crippen molar-refractivity contribution in [2.45, 2.75) is 70.6 Å². The molecule has 0 aliphatic carbocycles. The molecule has 1 aromatic carbocycles. The van der Waals surface area contributed by atoms with Gasteiger partial charge in [-0.05, 0) is 18.4 Å². The molecule has 0 N–H and O–H groups in total. The van der Waals surface area contributed by atoms with Crippen molar-refractivity contribution in [1.29, 1.82) is 0 Å². The van der Waals surface area contributed by atoms with Crippen molar-refractivity contribution in [3.8, 4) is 0 Å². The van der Waals surface area contributed by atoms with Crippen molar-refractivity contribution in [2.24, 2.45) is 0 Å². The molecule has 0 spiro atoms. The summed E-state index contributed by atoms with van der Waals surface area (Å²) in [5, 5.41) is 11.7. The highest BCUT2D eigenvalue weighted by atomic mass is 16.5. The second-order valence-electron chi connectivity index (χ2n) is 8.50. The van der Waals surface area contributed by atoms with Gasteiger partial charge in [0.2, 0.25) is 5.91 Å². The van der Waals surface area contributed by atoms with E-state index >= 15 is 0 Å². The maximum absolute atomic E-state index is 13.1. The van der Waals surface area contributed by atoms with Gasteiger partial charge in [-0.25, -0.2) is 0 Å². The fraction of sp³-hybridized carbons (Fsp3) is 0.696.